The molecule has 0 saturated heterocycles. The lowest BCUT2D eigenvalue weighted by atomic mass is 9.99. The normalized spacial score (nSPS) is 13.5. The number of rotatable bonds is 4. The van der Waals surface area contributed by atoms with Crippen LogP contribution in [-0.4, -0.2) is 6.11 Å². The minimum Gasteiger partial charge on any atom is -0.432 e. The van der Waals surface area contributed by atoms with Crippen molar-refractivity contribution in [2.75, 3.05) is 0 Å². The van der Waals surface area contributed by atoms with E-state index >= 15 is 0 Å². The maximum absolute atomic E-state index is 13.1. The van der Waals surface area contributed by atoms with Crippen LogP contribution < -0.4 is 4.74 Å². The molecule has 1 aliphatic rings. The van der Waals surface area contributed by atoms with Crippen molar-refractivity contribution >= 4 is 6.08 Å². The van der Waals surface area contributed by atoms with E-state index < -0.39 is 6.11 Å². The molecule has 0 unspecified atom stereocenters. The molecule has 0 fully saturated rings. The van der Waals surface area contributed by atoms with Crippen LogP contribution in [0.3, 0.4) is 0 Å². The second-order valence-corrected chi connectivity index (χ2v) is 5.90. The Morgan fingerprint density at radius 3 is 2.52 bits per heavy atom. The van der Waals surface area contributed by atoms with Crippen molar-refractivity contribution in [3.63, 3.8) is 0 Å². The Labute approximate surface area is 134 Å². The number of halogens is 2. The number of allylic oxidation sites excluding steroid dienone is 2. The molecule has 3 heteroatoms. The summed E-state index contributed by atoms with van der Waals surface area (Å²) in [4.78, 5) is 0. The summed E-state index contributed by atoms with van der Waals surface area (Å²) in [5.74, 6) is 0.206. The molecule has 0 bridgehead atoms. The van der Waals surface area contributed by atoms with E-state index in [4.69, 9.17) is 4.74 Å². The maximum atomic E-state index is 13.1. The fraction of sp³-hybridized carbons (Fsp3) is 0.200. The standard InChI is InChI=1S/C20H18F2O/c1-4-14-9-15-7-8-16(11-18(15)10-14)17-6-5-13(2)19(12-17)23-20(3,21)22/h4-8,10-12H,1,9H2,2-3H3. The summed E-state index contributed by atoms with van der Waals surface area (Å²) >= 11 is 0. The predicted molar refractivity (Wildman–Crippen MR) is 89.7 cm³/mol. The Hall–Kier alpha value is -2.42. The highest BCUT2D eigenvalue weighted by atomic mass is 19.3. The molecule has 3 rings (SSSR count). The van der Waals surface area contributed by atoms with E-state index in [-0.39, 0.29) is 5.75 Å². The third-order valence-electron chi connectivity index (χ3n) is 3.95. The second-order valence-electron chi connectivity index (χ2n) is 5.90. The molecule has 0 amide bonds. The van der Waals surface area contributed by atoms with Gasteiger partial charge in [-0.05, 0) is 58.9 Å². The van der Waals surface area contributed by atoms with Crippen LogP contribution in [0.4, 0.5) is 8.78 Å². The zero-order valence-electron chi connectivity index (χ0n) is 13.2. The summed E-state index contributed by atoms with van der Waals surface area (Å²) < 4.78 is 31.1. The Balaban J connectivity index is 1.98. The van der Waals surface area contributed by atoms with Crippen LogP contribution in [0.2, 0.25) is 0 Å². The molecule has 0 saturated carbocycles. The number of alkyl halides is 2. The molecule has 1 nitrogen and oxygen atoms in total. The first-order chi connectivity index (χ1) is 10.9. The summed E-state index contributed by atoms with van der Waals surface area (Å²) in [5.41, 5.74) is 6.13. The van der Waals surface area contributed by atoms with E-state index in [0.29, 0.717) is 5.56 Å². The lowest BCUT2D eigenvalue weighted by molar-refractivity contribution is -0.159. The molecule has 0 N–H and O–H groups in total. The van der Waals surface area contributed by atoms with Gasteiger partial charge in [0.05, 0.1) is 0 Å². The van der Waals surface area contributed by atoms with Gasteiger partial charge in [0.15, 0.2) is 0 Å². The largest absolute Gasteiger partial charge is 0.432 e. The van der Waals surface area contributed by atoms with Crippen molar-refractivity contribution in [3.05, 3.63) is 71.3 Å². The fourth-order valence-electron chi connectivity index (χ4n) is 2.75. The number of hydrogen-bond acceptors (Lipinski definition) is 1. The SMILES string of the molecule is C=CC1=Cc2cc(-c3ccc(C)c(OC(C)(F)F)c3)ccc2C1. The Bertz CT molecular complexity index is 798. The zero-order valence-corrected chi connectivity index (χ0v) is 13.2. The fourth-order valence-corrected chi connectivity index (χ4v) is 2.75. The Morgan fingerprint density at radius 1 is 1.13 bits per heavy atom. The number of benzene rings is 2. The molecular weight excluding hydrogens is 294 g/mol. The molecule has 0 aromatic heterocycles. The molecule has 0 heterocycles. The maximum Gasteiger partial charge on any atom is 0.394 e. The van der Waals surface area contributed by atoms with E-state index in [2.05, 4.69) is 24.8 Å². The molecule has 2 aromatic rings. The topological polar surface area (TPSA) is 9.23 Å². The molecular formula is C20H18F2O. The molecule has 2 aromatic carbocycles. The number of hydrogen-bond donors (Lipinski definition) is 0. The summed E-state index contributed by atoms with van der Waals surface area (Å²) in [6.45, 7) is 6.31. The monoisotopic (exact) mass is 312 g/mol. The van der Waals surface area contributed by atoms with Crippen LogP contribution in [0.1, 0.15) is 23.6 Å². The first-order valence-electron chi connectivity index (χ1n) is 7.49. The van der Waals surface area contributed by atoms with Gasteiger partial charge >= 0.3 is 6.11 Å². The van der Waals surface area contributed by atoms with Gasteiger partial charge in [0.25, 0.3) is 0 Å². The van der Waals surface area contributed by atoms with Crippen LogP contribution in [0.15, 0.2) is 54.6 Å². The van der Waals surface area contributed by atoms with Gasteiger partial charge in [0.1, 0.15) is 5.75 Å². The molecule has 118 valence electrons. The lowest BCUT2D eigenvalue weighted by Gasteiger charge is -2.16. The highest BCUT2D eigenvalue weighted by Gasteiger charge is 2.24. The quantitative estimate of drug-likeness (QED) is 0.695. The average Bonchev–Trinajstić information content (AvgIpc) is 2.90. The highest BCUT2D eigenvalue weighted by Crippen LogP contribution is 2.33. The van der Waals surface area contributed by atoms with Crippen LogP contribution in [0.25, 0.3) is 17.2 Å². The molecule has 0 radical (unpaired) electrons. The molecule has 1 aliphatic carbocycles. The summed E-state index contributed by atoms with van der Waals surface area (Å²) in [7, 11) is 0. The molecule has 0 aliphatic heterocycles. The third kappa shape index (κ3) is 3.34. The van der Waals surface area contributed by atoms with Gasteiger partial charge < -0.3 is 4.74 Å². The molecule has 0 spiro atoms. The Morgan fingerprint density at radius 2 is 1.83 bits per heavy atom. The van der Waals surface area contributed by atoms with Gasteiger partial charge in [-0.2, -0.15) is 8.78 Å². The smallest absolute Gasteiger partial charge is 0.394 e. The summed E-state index contributed by atoms with van der Waals surface area (Å²) in [5, 5.41) is 0. The van der Waals surface area contributed by atoms with Crippen molar-refractivity contribution in [2.24, 2.45) is 0 Å². The highest BCUT2D eigenvalue weighted by molar-refractivity contribution is 5.74. The van der Waals surface area contributed by atoms with E-state index in [1.165, 1.54) is 11.1 Å². The van der Waals surface area contributed by atoms with Crippen molar-refractivity contribution in [3.8, 4) is 16.9 Å². The van der Waals surface area contributed by atoms with Crippen molar-refractivity contribution in [2.45, 2.75) is 26.4 Å². The summed E-state index contributed by atoms with van der Waals surface area (Å²) in [6, 6.07) is 11.6. The van der Waals surface area contributed by atoms with Gasteiger partial charge in [-0.15, -0.1) is 0 Å². The van der Waals surface area contributed by atoms with E-state index in [1.807, 2.05) is 18.2 Å². The molecule has 0 atom stereocenters. The summed E-state index contributed by atoms with van der Waals surface area (Å²) in [6.07, 6.45) is 1.67. The minimum atomic E-state index is -3.19. The van der Waals surface area contributed by atoms with Gasteiger partial charge in [-0.25, -0.2) is 0 Å². The minimum absolute atomic E-state index is 0.206. The average molecular weight is 312 g/mol. The van der Waals surface area contributed by atoms with Crippen molar-refractivity contribution in [1.29, 1.82) is 0 Å². The van der Waals surface area contributed by atoms with E-state index in [0.717, 1.165) is 30.0 Å². The van der Waals surface area contributed by atoms with Crippen LogP contribution in [0.5, 0.6) is 5.75 Å². The molecule has 23 heavy (non-hydrogen) atoms. The first kappa shape index (κ1) is 15.5. The number of ether oxygens (including phenoxy) is 1. The Kier molecular flexibility index (Phi) is 3.80. The second kappa shape index (κ2) is 5.65. The lowest BCUT2D eigenvalue weighted by Crippen LogP contribution is -2.19. The predicted octanol–water partition coefficient (Wildman–Crippen LogP) is 5.78. The first-order valence-corrected chi connectivity index (χ1v) is 7.49. The van der Waals surface area contributed by atoms with Gasteiger partial charge in [-0.3, -0.25) is 0 Å². The van der Waals surface area contributed by atoms with Crippen LogP contribution in [0, 0.1) is 6.92 Å². The van der Waals surface area contributed by atoms with Crippen molar-refractivity contribution in [1.82, 2.24) is 0 Å². The zero-order chi connectivity index (χ0) is 16.6. The third-order valence-corrected chi connectivity index (χ3v) is 3.95. The van der Waals surface area contributed by atoms with Gasteiger partial charge in [0.2, 0.25) is 0 Å². The van der Waals surface area contributed by atoms with Crippen LogP contribution in [-0.2, 0) is 6.42 Å². The van der Waals surface area contributed by atoms with Gasteiger partial charge in [0, 0.05) is 6.92 Å². The van der Waals surface area contributed by atoms with Crippen molar-refractivity contribution < 1.29 is 13.5 Å². The number of fused-ring (bicyclic) bond motifs is 1. The van der Waals surface area contributed by atoms with E-state index in [9.17, 15) is 8.78 Å². The van der Waals surface area contributed by atoms with E-state index in [1.54, 1.807) is 19.1 Å². The number of aryl methyl sites for hydroxylation is 1. The van der Waals surface area contributed by atoms with Crippen LogP contribution >= 0.6 is 0 Å². The van der Waals surface area contributed by atoms with Gasteiger partial charge in [-0.1, -0.05) is 43.0 Å².